The molecule has 22 heavy (non-hydrogen) atoms. The van der Waals surface area contributed by atoms with Crippen LogP contribution in [0.2, 0.25) is 5.02 Å². The van der Waals surface area contributed by atoms with Crippen LogP contribution in [0.25, 0.3) is 11.3 Å². The topological polar surface area (TPSA) is 58.8 Å². The Kier molecular flexibility index (Phi) is 4.31. The molecule has 0 amide bonds. The first-order valence-corrected chi connectivity index (χ1v) is 7.71. The van der Waals surface area contributed by atoms with Crippen molar-refractivity contribution in [3.8, 4) is 11.3 Å². The highest BCUT2D eigenvalue weighted by atomic mass is 35.5. The van der Waals surface area contributed by atoms with Gasteiger partial charge in [-0.15, -0.1) is 0 Å². The Hall–Kier alpha value is -2.05. The van der Waals surface area contributed by atoms with E-state index in [1.165, 1.54) is 0 Å². The van der Waals surface area contributed by atoms with Gasteiger partial charge in [-0.3, -0.25) is 5.10 Å². The highest BCUT2D eigenvalue weighted by molar-refractivity contribution is 7.71. The summed E-state index contributed by atoms with van der Waals surface area (Å²) in [6, 6.07) is 11.4. The highest BCUT2D eigenvalue weighted by Crippen LogP contribution is 2.24. The van der Waals surface area contributed by atoms with Crippen LogP contribution in [0, 0.1) is 4.77 Å². The maximum atomic E-state index is 6.00. The minimum Gasteiger partial charge on any atom is -0.459 e. The molecule has 0 spiro atoms. The molecule has 0 saturated heterocycles. The first kappa shape index (κ1) is 14.9. The molecule has 0 unspecified atom stereocenters. The Balaban J connectivity index is 1.75. The van der Waals surface area contributed by atoms with Gasteiger partial charge in [0.05, 0.1) is 6.54 Å². The van der Waals surface area contributed by atoms with Crippen molar-refractivity contribution < 1.29 is 4.42 Å². The molecule has 0 bridgehead atoms. The lowest BCUT2D eigenvalue weighted by Crippen LogP contribution is -2.16. The van der Waals surface area contributed by atoms with E-state index >= 15 is 0 Å². The predicted octanol–water partition coefficient (Wildman–Crippen LogP) is 4.16. The smallest absolute Gasteiger partial charge is 0.214 e. The highest BCUT2D eigenvalue weighted by Gasteiger charge is 2.07. The second kappa shape index (κ2) is 6.37. The monoisotopic (exact) mass is 334 g/mol. The first-order valence-electron chi connectivity index (χ1n) is 6.92. The van der Waals surface area contributed by atoms with E-state index in [9.17, 15) is 0 Å². The fourth-order valence-electron chi connectivity index (χ4n) is 2.16. The number of halogens is 1. The van der Waals surface area contributed by atoms with Crippen LogP contribution in [0.5, 0.6) is 0 Å². The molecule has 0 radical (unpaired) electrons. The molecule has 114 valence electrons. The molecule has 5 nitrogen and oxygen atoms in total. The number of H-pyrrole nitrogens is 1. The number of nitrogens with zero attached hydrogens (tertiary/aromatic N) is 2. The standard InChI is InChI=1S/C15H15ClN4OS/c1-2-14-18-19-15(22)20(14)17-9-12-6-7-13(21-12)10-4-3-5-11(16)8-10/h3-8,17H,2,9H2,1H3,(H,19,22). The van der Waals surface area contributed by atoms with E-state index in [2.05, 4.69) is 15.6 Å². The van der Waals surface area contributed by atoms with Gasteiger partial charge in [0.2, 0.25) is 4.77 Å². The minimum absolute atomic E-state index is 0.515. The molecule has 0 atom stereocenters. The lowest BCUT2D eigenvalue weighted by molar-refractivity contribution is 0.521. The van der Waals surface area contributed by atoms with Gasteiger partial charge in [-0.25, -0.2) is 4.68 Å². The van der Waals surface area contributed by atoms with Gasteiger partial charge in [0, 0.05) is 17.0 Å². The fourth-order valence-corrected chi connectivity index (χ4v) is 2.56. The Morgan fingerprint density at radius 3 is 3.00 bits per heavy atom. The molecule has 0 fully saturated rings. The second-order valence-corrected chi connectivity index (χ2v) is 5.57. The van der Waals surface area contributed by atoms with Crippen LogP contribution in [0.15, 0.2) is 40.8 Å². The molecule has 3 aromatic rings. The van der Waals surface area contributed by atoms with Crippen LogP contribution in [0.1, 0.15) is 18.5 Å². The summed E-state index contributed by atoms with van der Waals surface area (Å²) in [6.07, 6.45) is 0.784. The van der Waals surface area contributed by atoms with E-state index in [0.717, 1.165) is 29.3 Å². The molecule has 2 heterocycles. The van der Waals surface area contributed by atoms with Gasteiger partial charge in [-0.05, 0) is 36.5 Å². The molecule has 1 aromatic carbocycles. The van der Waals surface area contributed by atoms with Crippen LogP contribution in [-0.2, 0) is 13.0 Å². The van der Waals surface area contributed by atoms with E-state index in [1.54, 1.807) is 4.68 Å². The predicted molar refractivity (Wildman–Crippen MR) is 89.0 cm³/mol. The summed E-state index contributed by atoms with van der Waals surface area (Å²) >= 11 is 11.2. The fraction of sp³-hybridized carbons (Fsp3) is 0.200. The zero-order chi connectivity index (χ0) is 15.5. The molecule has 2 N–H and O–H groups in total. The average Bonchev–Trinajstić information content (AvgIpc) is 3.12. The van der Waals surface area contributed by atoms with Gasteiger partial charge in [0.15, 0.2) is 5.82 Å². The molecule has 7 heteroatoms. The van der Waals surface area contributed by atoms with Gasteiger partial charge in [0.25, 0.3) is 0 Å². The van der Waals surface area contributed by atoms with Crippen LogP contribution in [0.4, 0.5) is 0 Å². The average molecular weight is 335 g/mol. The van der Waals surface area contributed by atoms with E-state index in [-0.39, 0.29) is 0 Å². The van der Waals surface area contributed by atoms with Gasteiger partial charge >= 0.3 is 0 Å². The van der Waals surface area contributed by atoms with Gasteiger partial charge in [-0.2, -0.15) is 5.10 Å². The van der Waals surface area contributed by atoms with Crippen molar-refractivity contribution in [2.45, 2.75) is 19.9 Å². The number of hydrogen-bond acceptors (Lipinski definition) is 4. The van der Waals surface area contributed by atoms with E-state index < -0.39 is 0 Å². The lowest BCUT2D eigenvalue weighted by atomic mass is 10.2. The van der Waals surface area contributed by atoms with Crippen LogP contribution in [0.3, 0.4) is 0 Å². The van der Waals surface area contributed by atoms with Crippen LogP contribution in [-0.4, -0.2) is 14.9 Å². The van der Waals surface area contributed by atoms with Crippen molar-refractivity contribution in [3.63, 3.8) is 0 Å². The zero-order valence-electron chi connectivity index (χ0n) is 12.0. The first-order chi connectivity index (χ1) is 10.7. The third-order valence-corrected chi connectivity index (χ3v) is 3.75. The van der Waals surface area contributed by atoms with Crippen molar-refractivity contribution in [2.24, 2.45) is 0 Å². The van der Waals surface area contributed by atoms with Crippen molar-refractivity contribution in [1.82, 2.24) is 14.9 Å². The minimum atomic E-state index is 0.515. The number of aromatic nitrogens is 3. The van der Waals surface area contributed by atoms with Gasteiger partial charge < -0.3 is 9.84 Å². The Morgan fingerprint density at radius 2 is 2.23 bits per heavy atom. The Morgan fingerprint density at radius 1 is 1.36 bits per heavy atom. The van der Waals surface area contributed by atoms with Crippen molar-refractivity contribution in [2.75, 3.05) is 5.43 Å². The maximum Gasteiger partial charge on any atom is 0.214 e. The molecule has 0 saturated carbocycles. The SMILES string of the molecule is CCc1n[nH]c(=S)n1NCc1ccc(-c2cccc(Cl)c2)o1. The number of aryl methyl sites for hydroxylation is 1. The quantitative estimate of drug-likeness (QED) is 0.688. The number of furan rings is 1. The molecule has 0 aliphatic carbocycles. The number of benzene rings is 1. The summed E-state index contributed by atoms with van der Waals surface area (Å²) in [7, 11) is 0. The van der Waals surface area contributed by atoms with E-state index in [1.807, 2.05) is 43.3 Å². The van der Waals surface area contributed by atoms with Gasteiger partial charge in [-0.1, -0.05) is 30.7 Å². The maximum absolute atomic E-state index is 6.00. The van der Waals surface area contributed by atoms with Crippen LogP contribution >= 0.6 is 23.8 Å². The molecule has 3 rings (SSSR count). The summed E-state index contributed by atoms with van der Waals surface area (Å²) in [5.41, 5.74) is 4.16. The molecule has 0 aliphatic rings. The second-order valence-electron chi connectivity index (χ2n) is 4.75. The summed E-state index contributed by atoms with van der Waals surface area (Å²) in [6.45, 7) is 2.54. The van der Waals surface area contributed by atoms with Crippen LogP contribution < -0.4 is 5.43 Å². The summed E-state index contributed by atoms with van der Waals surface area (Å²) in [5, 5.41) is 7.60. The third-order valence-electron chi connectivity index (χ3n) is 3.24. The third kappa shape index (κ3) is 3.08. The number of rotatable bonds is 5. The summed E-state index contributed by atoms with van der Waals surface area (Å²) < 4.78 is 8.14. The molecular weight excluding hydrogens is 320 g/mol. The largest absolute Gasteiger partial charge is 0.459 e. The Bertz CT molecular complexity index is 836. The molecular formula is C15H15ClN4OS. The molecule has 0 aliphatic heterocycles. The number of nitrogens with one attached hydrogen (secondary N) is 2. The van der Waals surface area contributed by atoms with E-state index in [4.69, 9.17) is 28.2 Å². The Labute approximate surface area is 137 Å². The normalized spacial score (nSPS) is 10.8. The lowest BCUT2D eigenvalue weighted by Gasteiger charge is -2.07. The summed E-state index contributed by atoms with van der Waals surface area (Å²) in [5.74, 6) is 2.44. The van der Waals surface area contributed by atoms with E-state index in [0.29, 0.717) is 16.3 Å². The van der Waals surface area contributed by atoms with Crippen molar-refractivity contribution >= 4 is 23.8 Å². The van der Waals surface area contributed by atoms with Gasteiger partial charge in [0.1, 0.15) is 11.5 Å². The zero-order valence-corrected chi connectivity index (χ0v) is 13.5. The number of aromatic amines is 1. The molecule has 2 aromatic heterocycles. The van der Waals surface area contributed by atoms with Crippen molar-refractivity contribution in [1.29, 1.82) is 0 Å². The van der Waals surface area contributed by atoms with Crippen molar-refractivity contribution in [3.05, 3.63) is 57.8 Å². The summed E-state index contributed by atoms with van der Waals surface area (Å²) in [4.78, 5) is 0. The number of hydrogen-bond donors (Lipinski definition) is 2.